The van der Waals surface area contributed by atoms with E-state index in [9.17, 15) is 13.2 Å². The number of methoxy groups -OCH3 is 1. The van der Waals surface area contributed by atoms with Crippen LogP contribution in [-0.2, 0) is 19.6 Å². The van der Waals surface area contributed by atoms with Gasteiger partial charge in [0.2, 0.25) is 10.0 Å². The maximum Gasteiger partial charge on any atom is 0.306 e. The Morgan fingerprint density at radius 2 is 1.90 bits per heavy atom. The molecular formula is C12H15Br2NO4S. The van der Waals surface area contributed by atoms with Gasteiger partial charge in [-0.3, -0.25) is 4.79 Å². The van der Waals surface area contributed by atoms with E-state index >= 15 is 0 Å². The van der Waals surface area contributed by atoms with Crippen molar-refractivity contribution in [2.45, 2.75) is 18.2 Å². The van der Waals surface area contributed by atoms with Gasteiger partial charge in [0.05, 0.1) is 18.4 Å². The van der Waals surface area contributed by atoms with Crippen LogP contribution in [0.1, 0.15) is 12.0 Å². The van der Waals surface area contributed by atoms with Crippen molar-refractivity contribution < 1.29 is 17.9 Å². The number of hydrogen-bond acceptors (Lipinski definition) is 4. The molecule has 0 saturated carbocycles. The monoisotopic (exact) mass is 427 g/mol. The highest BCUT2D eigenvalue weighted by Crippen LogP contribution is 2.30. The first-order chi connectivity index (χ1) is 9.20. The summed E-state index contributed by atoms with van der Waals surface area (Å²) >= 11 is 6.58. The Balaban J connectivity index is 3.04. The Morgan fingerprint density at radius 1 is 1.30 bits per heavy atom. The number of esters is 1. The third-order valence-electron chi connectivity index (χ3n) is 2.76. The molecule has 0 unspecified atom stereocenters. The molecule has 112 valence electrons. The van der Waals surface area contributed by atoms with Gasteiger partial charge in [-0.25, -0.2) is 12.7 Å². The summed E-state index contributed by atoms with van der Waals surface area (Å²) in [5, 5.41) is 0. The van der Waals surface area contributed by atoms with Gasteiger partial charge in [0.15, 0.2) is 0 Å². The molecule has 1 aromatic carbocycles. The number of sulfonamides is 1. The number of halogens is 2. The molecule has 0 aliphatic rings. The minimum absolute atomic E-state index is 0.0108. The largest absolute Gasteiger partial charge is 0.469 e. The number of carbonyl (C=O) groups excluding carboxylic acids is 1. The van der Waals surface area contributed by atoms with Gasteiger partial charge in [0, 0.05) is 22.5 Å². The van der Waals surface area contributed by atoms with Gasteiger partial charge in [-0.2, -0.15) is 0 Å². The van der Waals surface area contributed by atoms with Gasteiger partial charge in [-0.15, -0.1) is 0 Å². The summed E-state index contributed by atoms with van der Waals surface area (Å²) in [5.74, 6) is -0.448. The van der Waals surface area contributed by atoms with Crippen molar-refractivity contribution in [2.24, 2.45) is 0 Å². The summed E-state index contributed by atoms with van der Waals surface area (Å²) in [5.41, 5.74) is 0.924. The molecule has 0 aliphatic heterocycles. The molecule has 1 aromatic rings. The van der Waals surface area contributed by atoms with Crippen molar-refractivity contribution >= 4 is 47.9 Å². The van der Waals surface area contributed by atoms with Crippen molar-refractivity contribution in [3.63, 3.8) is 0 Å². The summed E-state index contributed by atoms with van der Waals surface area (Å²) < 4.78 is 31.7. The molecule has 0 heterocycles. The average molecular weight is 429 g/mol. The van der Waals surface area contributed by atoms with Crippen LogP contribution in [0.4, 0.5) is 0 Å². The maximum atomic E-state index is 12.4. The Kier molecular flexibility index (Phi) is 6.18. The fourth-order valence-electron chi connectivity index (χ4n) is 1.46. The number of carbonyl (C=O) groups is 1. The van der Waals surface area contributed by atoms with Gasteiger partial charge < -0.3 is 4.74 Å². The number of rotatable bonds is 5. The van der Waals surface area contributed by atoms with Gasteiger partial charge in [0.1, 0.15) is 0 Å². The van der Waals surface area contributed by atoms with Crippen LogP contribution in [0.3, 0.4) is 0 Å². The van der Waals surface area contributed by atoms with E-state index in [-0.39, 0.29) is 17.9 Å². The molecule has 0 fully saturated rings. The third kappa shape index (κ3) is 4.03. The second-order valence-electron chi connectivity index (χ2n) is 4.18. The van der Waals surface area contributed by atoms with Gasteiger partial charge in [0.25, 0.3) is 0 Å². The lowest BCUT2D eigenvalue weighted by Gasteiger charge is -2.18. The number of ether oxygens (including phenoxy) is 1. The van der Waals surface area contributed by atoms with Crippen LogP contribution in [0.15, 0.2) is 26.0 Å². The Morgan fingerprint density at radius 3 is 2.45 bits per heavy atom. The summed E-state index contributed by atoms with van der Waals surface area (Å²) in [4.78, 5) is 11.2. The van der Waals surface area contributed by atoms with Crippen LogP contribution in [0.5, 0.6) is 0 Å². The molecule has 0 saturated heterocycles. The van der Waals surface area contributed by atoms with E-state index in [0.717, 1.165) is 9.87 Å². The van der Waals surface area contributed by atoms with Crippen molar-refractivity contribution in [1.82, 2.24) is 4.31 Å². The summed E-state index contributed by atoms with van der Waals surface area (Å²) in [6.45, 7) is 1.93. The SMILES string of the molecule is COC(=O)CCN(C)S(=O)(=O)c1cc(Br)c(C)cc1Br. The molecule has 0 N–H and O–H groups in total. The quantitative estimate of drug-likeness (QED) is 0.676. The highest BCUT2D eigenvalue weighted by Gasteiger charge is 2.24. The fourth-order valence-corrected chi connectivity index (χ4v) is 4.27. The molecule has 20 heavy (non-hydrogen) atoms. The molecule has 0 aliphatic carbocycles. The molecule has 5 nitrogen and oxygen atoms in total. The lowest BCUT2D eigenvalue weighted by Crippen LogP contribution is -2.29. The van der Waals surface area contributed by atoms with E-state index in [1.165, 1.54) is 14.2 Å². The highest BCUT2D eigenvalue weighted by atomic mass is 79.9. The number of aryl methyl sites for hydroxylation is 1. The molecular weight excluding hydrogens is 414 g/mol. The molecule has 1 rings (SSSR count). The van der Waals surface area contributed by atoms with E-state index in [0.29, 0.717) is 8.95 Å². The highest BCUT2D eigenvalue weighted by molar-refractivity contribution is 9.11. The first-order valence-electron chi connectivity index (χ1n) is 5.69. The molecule has 0 radical (unpaired) electrons. The molecule has 0 spiro atoms. The van der Waals surface area contributed by atoms with Crippen LogP contribution in [0, 0.1) is 6.92 Å². The Labute approximate surface area is 135 Å². The molecule has 0 aromatic heterocycles. The van der Waals surface area contributed by atoms with Gasteiger partial charge in [-0.1, -0.05) is 15.9 Å². The van der Waals surface area contributed by atoms with Gasteiger partial charge in [-0.05, 0) is 40.5 Å². The predicted molar refractivity (Wildman–Crippen MR) is 83.0 cm³/mol. The van der Waals surface area contributed by atoms with Crippen molar-refractivity contribution in [3.05, 3.63) is 26.6 Å². The molecule has 0 amide bonds. The van der Waals surface area contributed by atoms with Crippen LogP contribution in [-0.4, -0.2) is 39.4 Å². The Bertz CT molecular complexity index is 616. The summed E-state index contributed by atoms with van der Waals surface area (Å²) in [7, 11) is -0.967. The van der Waals surface area contributed by atoms with Crippen molar-refractivity contribution in [1.29, 1.82) is 0 Å². The van der Waals surface area contributed by atoms with Crippen LogP contribution < -0.4 is 0 Å². The topological polar surface area (TPSA) is 63.7 Å². The zero-order valence-corrected chi connectivity index (χ0v) is 15.3. The average Bonchev–Trinajstić information content (AvgIpc) is 2.39. The lowest BCUT2D eigenvalue weighted by molar-refractivity contribution is -0.140. The van der Waals surface area contributed by atoms with Gasteiger partial charge >= 0.3 is 5.97 Å². The maximum absolute atomic E-state index is 12.4. The predicted octanol–water partition coefficient (Wildman–Crippen LogP) is 2.70. The van der Waals surface area contributed by atoms with Crippen molar-refractivity contribution in [2.75, 3.05) is 20.7 Å². The normalized spacial score (nSPS) is 11.7. The first-order valence-corrected chi connectivity index (χ1v) is 8.71. The summed E-state index contributed by atoms with van der Waals surface area (Å²) in [6.07, 6.45) is 0.0108. The second kappa shape index (κ2) is 7.02. The van der Waals surface area contributed by atoms with E-state index in [2.05, 4.69) is 36.6 Å². The van der Waals surface area contributed by atoms with E-state index in [4.69, 9.17) is 0 Å². The van der Waals surface area contributed by atoms with Crippen LogP contribution in [0.25, 0.3) is 0 Å². The minimum Gasteiger partial charge on any atom is -0.469 e. The number of benzene rings is 1. The number of hydrogen-bond donors (Lipinski definition) is 0. The number of nitrogens with zero attached hydrogens (tertiary/aromatic N) is 1. The summed E-state index contributed by atoms with van der Waals surface area (Å²) in [6, 6.07) is 3.27. The van der Waals surface area contributed by atoms with E-state index < -0.39 is 16.0 Å². The lowest BCUT2D eigenvalue weighted by atomic mass is 10.2. The minimum atomic E-state index is -3.66. The molecule has 8 heteroatoms. The zero-order chi connectivity index (χ0) is 15.5. The van der Waals surface area contributed by atoms with E-state index in [1.54, 1.807) is 12.1 Å². The van der Waals surface area contributed by atoms with Crippen LogP contribution >= 0.6 is 31.9 Å². The smallest absolute Gasteiger partial charge is 0.306 e. The molecule has 0 bridgehead atoms. The Hall–Kier alpha value is -0.440. The molecule has 0 atom stereocenters. The standard InChI is InChI=1S/C12H15Br2NO4S/c1-8-6-10(14)11(7-9(8)13)20(17,18)15(2)5-4-12(16)19-3/h6-7H,4-5H2,1-3H3. The zero-order valence-electron chi connectivity index (χ0n) is 11.3. The second-order valence-corrected chi connectivity index (χ2v) is 7.91. The third-order valence-corrected chi connectivity index (χ3v) is 6.43. The van der Waals surface area contributed by atoms with Crippen LogP contribution in [0.2, 0.25) is 0 Å². The van der Waals surface area contributed by atoms with Crippen molar-refractivity contribution in [3.8, 4) is 0 Å². The fraction of sp³-hybridized carbons (Fsp3) is 0.417. The first kappa shape index (κ1) is 17.6. The van der Waals surface area contributed by atoms with E-state index in [1.807, 2.05) is 6.92 Å².